The molecule has 0 aromatic carbocycles. The van der Waals surface area contributed by atoms with Gasteiger partial charge in [-0.3, -0.25) is 27.3 Å². The van der Waals surface area contributed by atoms with Crippen LogP contribution in [0.4, 0.5) is 17.5 Å². The number of rotatable bonds is 15. The Morgan fingerprint density at radius 1 is 0.730 bits per heavy atom. The Morgan fingerprint density at radius 2 is 1.24 bits per heavy atom. The molecule has 0 aliphatic carbocycles. The summed E-state index contributed by atoms with van der Waals surface area (Å²) in [5, 5.41) is 31.8. The fraction of sp³-hybridized carbons (Fsp3) is 0.516. The standard InChI is InChI=1S/C31H39N15O13P2S2/c1-52-21-15(5-54-60(50,62)58-13-2-12(3-47)55-29(13)44-9-41-16-23(32)35-6-38-26(16)44)57-31(46-11-43-18-25(34)37-8-40-28(18)46)22(21)59-61(51,63)53-4-14-19(48)20(49)30(56-14)45-10-42-17-24(33)36-7-39-27(17)45/h6-15,19-22,29-31,47-49H,2-5H2,1H3,(H,50,62)(H,51,63)(H2,32,35,38)(H2,33,36,39)(H2,34,37,40). The highest BCUT2D eigenvalue weighted by atomic mass is 32.7. The summed E-state index contributed by atoms with van der Waals surface area (Å²) in [5.41, 5.74) is 19.5. The van der Waals surface area contributed by atoms with E-state index in [2.05, 4.69) is 57.1 Å². The second-order valence-corrected chi connectivity index (χ2v) is 20.0. The second kappa shape index (κ2) is 17.3. The van der Waals surface area contributed by atoms with Crippen molar-refractivity contribution < 1.29 is 61.8 Å². The molecular formula is C31H39N15O13P2S2. The van der Waals surface area contributed by atoms with Gasteiger partial charge < -0.3 is 60.9 Å². The van der Waals surface area contributed by atoms with Crippen molar-refractivity contribution in [3.05, 3.63) is 38.0 Å². The number of nitrogens with zero attached hydrogens (tertiary/aromatic N) is 12. The van der Waals surface area contributed by atoms with Crippen LogP contribution in [0, 0.1) is 0 Å². The van der Waals surface area contributed by atoms with Crippen LogP contribution in [0.5, 0.6) is 0 Å². The van der Waals surface area contributed by atoms with Gasteiger partial charge in [0.05, 0.1) is 44.9 Å². The number of aliphatic hydroxyl groups excluding tert-OH is 3. The summed E-state index contributed by atoms with van der Waals surface area (Å²) < 4.78 is 65.9. The van der Waals surface area contributed by atoms with Crippen molar-refractivity contribution in [1.29, 1.82) is 0 Å². The molecule has 0 saturated carbocycles. The number of imidazole rings is 3. The van der Waals surface area contributed by atoms with Crippen molar-refractivity contribution in [1.82, 2.24) is 58.6 Å². The number of nitrogen functional groups attached to an aromatic ring is 3. The van der Waals surface area contributed by atoms with Gasteiger partial charge in [0, 0.05) is 13.5 Å². The van der Waals surface area contributed by atoms with Crippen molar-refractivity contribution in [3.63, 3.8) is 0 Å². The first-order chi connectivity index (χ1) is 30.2. The number of aliphatic hydroxyl groups is 3. The van der Waals surface area contributed by atoms with Gasteiger partial charge in [-0.15, -0.1) is 0 Å². The molecule has 9 rings (SSSR count). The summed E-state index contributed by atoms with van der Waals surface area (Å²) in [5.74, 6) is 0.289. The molecule has 0 amide bonds. The topological polar surface area (TPSA) is 381 Å². The summed E-state index contributed by atoms with van der Waals surface area (Å²) in [4.78, 5) is 48.8. The number of anilines is 3. The third kappa shape index (κ3) is 8.35. The average molecular weight is 956 g/mol. The maximum atomic E-state index is 13.9. The van der Waals surface area contributed by atoms with Gasteiger partial charge in [-0.25, -0.2) is 49.4 Å². The van der Waals surface area contributed by atoms with E-state index in [1.807, 2.05) is 0 Å². The third-order valence-corrected chi connectivity index (χ3v) is 13.8. The molecular weight excluding hydrogens is 917 g/mol. The van der Waals surface area contributed by atoms with Crippen LogP contribution in [0.2, 0.25) is 0 Å². The van der Waals surface area contributed by atoms with Gasteiger partial charge in [0.25, 0.3) is 0 Å². The molecule has 28 nitrogen and oxygen atoms in total. The molecule has 3 fully saturated rings. The van der Waals surface area contributed by atoms with E-state index in [4.69, 9.17) is 66.1 Å². The molecule has 13 atom stereocenters. The highest BCUT2D eigenvalue weighted by molar-refractivity contribution is 8.44. The lowest BCUT2D eigenvalue weighted by Gasteiger charge is -2.28. The largest absolute Gasteiger partial charge is 0.394 e. The highest BCUT2D eigenvalue weighted by Crippen LogP contribution is 2.58. The van der Waals surface area contributed by atoms with Gasteiger partial charge in [0.15, 0.2) is 53.1 Å². The summed E-state index contributed by atoms with van der Waals surface area (Å²) in [6, 6.07) is 0. The van der Waals surface area contributed by atoms with Crippen molar-refractivity contribution >= 4 is 88.5 Å². The molecule has 63 heavy (non-hydrogen) atoms. The predicted molar refractivity (Wildman–Crippen MR) is 220 cm³/mol. The fourth-order valence-corrected chi connectivity index (χ4v) is 10.5. The van der Waals surface area contributed by atoms with Crippen LogP contribution in [0.15, 0.2) is 38.0 Å². The molecule has 3 saturated heterocycles. The number of hydrogen-bond donors (Lipinski definition) is 8. The fourth-order valence-electron chi connectivity index (χ4n) is 7.62. The lowest BCUT2D eigenvalue weighted by molar-refractivity contribution is -0.0583. The van der Waals surface area contributed by atoms with E-state index in [9.17, 15) is 24.8 Å². The summed E-state index contributed by atoms with van der Waals surface area (Å²) in [6.07, 6.45) is -5.09. The third-order valence-electron chi connectivity index (χ3n) is 10.6. The molecule has 0 spiro atoms. The first-order valence-electron chi connectivity index (χ1n) is 18.7. The van der Waals surface area contributed by atoms with Crippen LogP contribution in [0.1, 0.15) is 25.1 Å². The Kier molecular flexibility index (Phi) is 12.1. The minimum Gasteiger partial charge on any atom is -0.394 e. The number of nitrogens with two attached hydrogens (primary N) is 3. The molecule has 3 aliphatic heterocycles. The van der Waals surface area contributed by atoms with E-state index in [1.54, 1.807) is 0 Å². The van der Waals surface area contributed by atoms with Crippen molar-refractivity contribution in [2.45, 2.75) is 73.9 Å². The van der Waals surface area contributed by atoms with Crippen molar-refractivity contribution in [2.75, 3.05) is 44.1 Å². The van der Waals surface area contributed by atoms with Crippen molar-refractivity contribution in [2.24, 2.45) is 0 Å². The van der Waals surface area contributed by atoms with Crippen LogP contribution in [0.25, 0.3) is 33.5 Å². The first-order valence-corrected chi connectivity index (χ1v) is 24.0. The smallest absolute Gasteiger partial charge is 0.386 e. The number of thiol groups is 1. The normalized spacial score (nSPS) is 30.7. The Labute approximate surface area is 363 Å². The van der Waals surface area contributed by atoms with E-state index in [-0.39, 0.29) is 52.8 Å². The maximum Gasteiger partial charge on any atom is 0.386 e. The van der Waals surface area contributed by atoms with Crippen molar-refractivity contribution in [3.8, 4) is 0 Å². The number of aromatic nitrogens is 12. The molecule has 3 aliphatic rings. The molecule has 13 unspecified atom stereocenters. The predicted octanol–water partition coefficient (Wildman–Crippen LogP) is -0.878. The Morgan fingerprint density at radius 3 is 1.78 bits per heavy atom. The monoisotopic (exact) mass is 955 g/mol. The zero-order valence-electron chi connectivity index (χ0n) is 32.5. The molecule has 338 valence electrons. The Hall–Kier alpha value is -4.20. The molecule has 0 radical (unpaired) electrons. The van der Waals surface area contributed by atoms with Gasteiger partial charge in [0.1, 0.15) is 78.3 Å². The first kappa shape index (κ1) is 44.0. The minimum absolute atomic E-state index is 0.0635. The van der Waals surface area contributed by atoms with E-state index >= 15 is 0 Å². The van der Waals surface area contributed by atoms with Gasteiger partial charge >= 0.3 is 13.5 Å². The molecule has 6 aromatic rings. The zero-order valence-corrected chi connectivity index (χ0v) is 36.0. The lowest BCUT2D eigenvalue weighted by atomic mass is 10.1. The van der Waals surface area contributed by atoms with E-state index < -0.39 is 94.2 Å². The molecule has 0 bridgehead atoms. The Bertz CT molecular complexity index is 2740. The van der Waals surface area contributed by atoms with Gasteiger partial charge in [-0.1, -0.05) is 12.2 Å². The quantitative estimate of drug-likeness (QED) is 0.0458. The summed E-state index contributed by atoms with van der Waals surface area (Å²) in [7, 11) is 1.33. The lowest BCUT2D eigenvalue weighted by Crippen LogP contribution is -2.37. The van der Waals surface area contributed by atoms with E-state index in [1.165, 1.54) is 58.8 Å². The number of hydrogen-bond acceptors (Lipinski definition) is 25. The average Bonchev–Trinajstić information content (AvgIpc) is 4.11. The minimum atomic E-state index is -4.33. The van der Waals surface area contributed by atoms with Gasteiger partial charge in [-0.05, 0) is 11.8 Å². The number of ether oxygens (including phenoxy) is 4. The Balaban J connectivity index is 0.919. The van der Waals surface area contributed by atoms with E-state index in [0.717, 1.165) is 0 Å². The summed E-state index contributed by atoms with van der Waals surface area (Å²) >= 11 is 9.70. The number of methoxy groups -OCH3 is 1. The second-order valence-electron chi connectivity index (χ2n) is 14.4. The maximum absolute atomic E-state index is 13.9. The van der Waals surface area contributed by atoms with Crippen LogP contribution < -0.4 is 17.2 Å². The van der Waals surface area contributed by atoms with Crippen LogP contribution >= 0.6 is 25.8 Å². The molecule has 32 heteroatoms. The van der Waals surface area contributed by atoms with Crippen LogP contribution in [-0.4, -0.2) is 155 Å². The SMILES string of the molecule is COC1C(COP(=O)(S)OC2CC(CO)OC2n2cnc3c(N)ncnc32)OC(n2cnc3c(N)ncnc32)C1OP(O)(=S)OCC1OC(n2cnc3c(N)ncnc32)C(O)C1O. The van der Waals surface area contributed by atoms with Crippen LogP contribution in [-0.2, 0) is 53.4 Å². The van der Waals surface area contributed by atoms with Crippen LogP contribution in [0.3, 0.4) is 0 Å². The molecule has 10 N–H and O–H groups in total. The molecule has 6 aromatic heterocycles. The molecule has 9 heterocycles. The van der Waals surface area contributed by atoms with Gasteiger partial charge in [0.2, 0.25) is 0 Å². The van der Waals surface area contributed by atoms with Gasteiger partial charge in [-0.2, -0.15) is 0 Å². The highest BCUT2D eigenvalue weighted by Gasteiger charge is 2.52. The number of fused-ring (bicyclic) bond motifs is 3. The summed E-state index contributed by atoms with van der Waals surface area (Å²) in [6.45, 7) is -10.0. The zero-order chi connectivity index (χ0) is 44.4. The van der Waals surface area contributed by atoms with E-state index in [0.29, 0.717) is 11.2 Å².